The molecule has 2 atom stereocenters. The molecule has 0 saturated carbocycles. The van der Waals surface area contributed by atoms with Crippen molar-refractivity contribution in [2.24, 2.45) is 5.92 Å². The second-order valence-corrected chi connectivity index (χ2v) is 9.44. The van der Waals surface area contributed by atoms with Gasteiger partial charge in [0.2, 0.25) is 5.78 Å². The van der Waals surface area contributed by atoms with Crippen molar-refractivity contribution in [2.45, 2.75) is 26.0 Å². The van der Waals surface area contributed by atoms with Crippen LogP contribution in [0.25, 0.3) is 0 Å². The third kappa shape index (κ3) is 5.32. The Morgan fingerprint density at radius 1 is 1.09 bits per heavy atom. The summed E-state index contributed by atoms with van der Waals surface area (Å²) in [5.74, 6) is -2.05. The van der Waals surface area contributed by atoms with Gasteiger partial charge < -0.3 is 19.3 Å². The monoisotopic (exact) mass is 485 g/mol. The lowest BCUT2D eigenvalue weighted by Crippen LogP contribution is -3.14. The van der Waals surface area contributed by atoms with Gasteiger partial charge in [-0.15, -0.1) is 0 Å². The van der Waals surface area contributed by atoms with Crippen LogP contribution in [0.2, 0.25) is 5.02 Å². The van der Waals surface area contributed by atoms with Gasteiger partial charge in [0, 0.05) is 10.6 Å². The number of carbonyl (C=O) groups excluding carboxylic acids is 3. The molecule has 0 radical (unpaired) electrons. The van der Waals surface area contributed by atoms with Crippen LogP contribution >= 0.6 is 11.6 Å². The van der Waals surface area contributed by atoms with Gasteiger partial charge in [-0.2, -0.15) is 0 Å². The number of morpholine rings is 1. The Bertz CT molecular complexity index is 1030. The fraction of sp³-hybridized carbons (Fsp3) is 0.423. The van der Waals surface area contributed by atoms with Crippen molar-refractivity contribution in [2.75, 3.05) is 39.4 Å². The maximum atomic E-state index is 13.5. The highest BCUT2D eigenvalue weighted by atomic mass is 35.5. The van der Waals surface area contributed by atoms with E-state index in [0.29, 0.717) is 42.6 Å². The van der Waals surface area contributed by atoms with E-state index < -0.39 is 23.7 Å². The molecule has 2 aliphatic heterocycles. The van der Waals surface area contributed by atoms with Gasteiger partial charge in [0.1, 0.15) is 24.8 Å². The topological polar surface area (TPSA) is 77.4 Å². The standard InChI is InChI=1S/C26H29ClN2O5/c1-17(2)34-21-9-5-18(6-10-21)23-22(24(30)19-3-7-20(27)8-4-19)25(31)26(32)29(23)12-11-28-13-15-33-16-14-28/h3-10,17,22-23H,11-16H2,1-2H3/p+1. The number of likely N-dealkylation sites (tertiary alicyclic amines) is 1. The van der Waals surface area contributed by atoms with E-state index in [0.717, 1.165) is 18.7 Å². The number of rotatable bonds is 8. The second kappa shape index (κ2) is 10.7. The fourth-order valence-electron chi connectivity index (χ4n) is 4.60. The zero-order chi connectivity index (χ0) is 24.2. The molecule has 2 saturated heterocycles. The number of Topliss-reactive ketones (excluding diaryl/α,β-unsaturated/α-hetero) is 2. The number of amides is 1. The summed E-state index contributed by atoms with van der Waals surface area (Å²) < 4.78 is 11.2. The van der Waals surface area contributed by atoms with Crippen LogP contribution in [0.15, 0.2) is 48.5 Å². The minimum absolute atomic E-state index is 0.0210. The van der Waals surface area contributed by atoms with Crippen molar-refractivity contribution < 1.29 is 28.8 Å². The van der Waals surface area contributed by atoms with E-state index in [4.69, 9.17) is 21.1 Å². The summed E-state index contributed by atoms with van der Waals surface area (Å²) in [5.41, 5.74) is 1.10. The molecule has 0 bridgehead atoms. The van der Waals surface area contributed by atoms with E-state index in [-0.39, 0.29) is 11.9 Å². The molecular weight excluding hydrogens is 456 g/mol. The minimum Gasteiger partial charge on any atom is -0.491 e. The highest BCUT2D eigenvalue weighted by Gasteiger charge is 2.51. The number of nitrogens with zero attached hydrogens (tertiary/aromatic N) is 1. The molecule has 0 aliphatic carbocycles. The van der Waals surface area contributed by atoms with Crippen molar-refractivity contribution in [3.05, 3.63) is 64.7 Å². The Balaban J connectivity index is 1.65. The summed E-state index contributed by atoms with van der Waals surface area (Å²) in [7, 11) is 0. The first-order chi connectivity index (χ1) is 16.3. The molecule has 0 spiro atoms. The third-order valence-corrected chi connectivity index (χ3v) is 6.57. The normalized spacial score (nSPS) is 21.4. The summed E-state index contributed by atoms with van der Waals surface area (Å²) in [5, 5.41) is 0.498. The lowest BCUT2D eigenvalue weighted by molar-refractivity contribution is -0.907. The zero-order valence-electron chi connectivity index (χ0n) is 19.5. The van der Waals surface area contributed by atoms with Crippen LogP contribution in [0.3, 0.4) is 0 Å². The third-order valence-electron chi connectivity index (χ3n) is 6.32. The Kier molecular flexibility index (Phi) is 7.66. The molecule has 2 heterocycles. The number of carbonyl (C=O) groups is 3. The van der Waals surface area contributed by atoms with E-state index in [1.54, 1.807) is 29.2 Å². The number of hydrogen-bond acceptors (Lipinski definition) is 5. The van der Waals surface area contributed by atoms with Crippen molar-refractivity contribution in [3.63, 3.8) is 0 Å². The number of halogens is 1. The Morgan fingerprint density at radius 3 is 2.35 bits per heavy atom. The van der Waals surface area contributed by atoms with E-state index >= 15 is 0 Å². The molecule has 2 fully saturated rings. The number of benzene rings is 2. The largest absolute Gasteiger partial charge is 0.491 e. The van der Waals surface area contributed by atoms with E-state index in [1.807, 2.05) is 38.1 Å². The highest BCUT2D eigenvalue weighted by molar-refractivity contribution is 6.44. The molecule has 2 unspecified atom stereocenters. The molecule has 1 amide bonds. The minimum atomic E-state index is -1.11. The van der Waals surface area contributed by atoms with Gasteiger partial charge in [-0.25, -0.2) is 0 Å². The second-order valence-electron chi connectivity index (χ2n) is 9.00. The van der Waals surface area contributed by atoms with Gasteiger partial charge >= 0.3 is 0 Å². The van der Waals surface area contributed by atoms with Gasteiger partial charge in [0.05, 0.1) is 38.4 Å². The van der Waals surface area contributed by atoms with Crippen LogP contribution < -0.4 is 9.64 Å². The van der Waals surface area contributed by atoms with E-state index in [9.17, 15) is 14.4 Å². The molecule has 0 aromatic heterocycles. The van der Waals surface area contributed by atoms with Gasteiger partial charge in [-0.3, -0.25) is 14.4 Å². The first-order valence-electron chi connectivity index (χ1n) is 11.7. The molecule has 4 rings (SSSR count). The van der Waals surface area contributed by atoms with Crippen LogP contribution in [-0.2, 0) is 14.3 Å². The Morgan fingerprint density at radius 2 is 1.74 bits per heavy atom. The quantitative estimate of drug-likeness (QED) is 0.351. The molecule has 34 heavy (non-hydrogen) atoms. The van der Waals surface area contributed by atoms with Gasteiger partial charge in [-0.05, 0) is 55.8 Å². The predicted molar refractivity (Wildman–Crippen MR) is 127 cm³/mol. The molecule has 2 aliphatic rings. The summed E-state index contributed by atoms with van der Waals surface area (Å²) >= 11 is 5.98. The first kappa shape index (κ1) is 24.4. The molecule has 180 valence electrons. The first-order valence-corrected chi connectivity index (χ1v) is 12.1. The van der Waals surface area contributed by atoms with Crippen LogP contribution in [0.4, 0.5) is 0 Å². The summed E-state index contributed by atoms with van der Waals surface area (Å²) in [6, 6.07) is 13.1. The molecule has 1 N–H and O–H groups in total. The van der Waals surface area contributed by atoms with Crippen LogP contribution in [-0.4, -0.2) is 67.9 Å². The maximum absolute atomic E-state index is 13.5. The molecular formula is C26H30ClN2O5+. The number of hydrogen-bond donors (Lipinski definition) is 1. The maximum Gasteiger partial charge on any atom is 0.291 e. The lowest BCUT2D eigenvalue weighted by atomic mass is 9.86. The van der Waals surface area contributed by atoms with E-state index in [1.165, 1.54) is 4.90 Å². The lowest BCUT2D eigenvalue weighted by Gasteiger charge is -2.30. The number of nitrogens with one attached hydrogen (secondary N) is 1. The summed E-state index contributed by atoms with van der Waals surface area (Å²) in [4.78, 5) is 42.6. The van der Waals surface area contributed by atoms with E-state index in [2.05, 4.69) is 0 Å². The Hall–Kier alpha value is -2.74. The van der Waals surface area contributed by atoms with Crippen molar-refractivity contribution >= 4 is 29.1 Å². The van der Waals surface area contributed by atoms with Crippen LogP contribution in [0.1, 0.15) is 35.8 Å². The average Bonchev–Trinajstić information content (AvgIpc) is 3.08. The summed E-state index contributed by atoms with van der Waals surface area (Å²) in [6.45, 7) is 8.04. The van der Waals surface area contributed by atoms with Crippen LogP contribution in [0.5, 0.6) is 5.75 Å². The SMILES string of the molecule is CC(C)Oc1ccc(C2C(C(=O)c3ccc(Cl)cc3)C(=O)C(=O)N2CC[NH+]2CCOCC2)cc1. The van der Waals surface area contributed by atoms with Gasteiger partial charge in [-0.1, -0.05) is 23.7 Å². The molecule has 2 aromatic carbocycles. The van der Waals surface area contributed by atoms with Gasteiger partial charge in [0.25, 0.3) is 5.91 Å². The van der Waals surface area contributed by atoms with Crippen LogP contribution in [0, 0.1) is 5.92 Å². The number of ether oxygens (including phenoxy) is 2. The van der Waals surface area contributed by atoms with Crippen molar-refractivity contribution in [3.8, 4) is 5.75 Å². The smallest absolute Gasteiger partial charge is 0.291 e. The van der Waals surface area contributed by atoms with Crippen molar-refractivity contribution in [1.82, 2.24) is 4.90 Å². The van der Waals surface area contributed by atoms with Gasteiger partial charge in [0.15, 0.2) is 5.78 Å². The highest BCUT2D eigenvalue weighted by Crippen LogP contribution is 2.38. The van der Waals surface area contributed by atoms with Crippen molar-refractivity contribution in [1.29, 1.82) is 0 Å². The Labute approximate surface area is 204 Å². The molecule has 8 heteroatoms. The fourth-order valence-corrected chi connectivity index (χ4v) is 4.72. The molecule has 2 aromatic rings. The average molecular weight is 486 g/mol. The number of quaternary nitrogens is 1. The summed E-state index contributed by atoms with van der Waals surface area (Å²) in [6.07, 6.45) is 0.0210. The zero-order valence-corrected chi connectivity index (χ0v) is 20.2. The number of ketones is 2. The molecule has 7 nitrogen and oxygen atoms in total. The predicted octanol–water partition coefficient (Wildman–Crippen LogP) is 1.99.